The van der Waals surface area contributed by atoms with Crippen molar-refractivity contribution in [3.63, 3.8) is 0 Å². The molecular weight excluding hydrogens is 376 g/mol. The van der Waals surface area contributed by atoms with Gasteiger partial charge in [-0.2, -0.15) is 4.98 Å². The van der Waals surface area contributed by atoms with E-state index in [1.165, 1.54) is 5.56 Å². The van der Waals surface area contributed by atoms with Gasteiger partial charge in [-0.1, -0.05) is 49.0 Å². The van der Waals surface area contributed by atoms with E-state index < -0.39 is 0 Å². The Hall–Kier alpha value is -2.39. The summed E-state index contributed by atoms with van der Waals surface area (Å²) in [6.07, 6.45) is 0. The summed E-state index contributed by atoms with van der Waals surface area (Å²) < 4.78 is 13.0. The van der Waals surface area contributed by atoms with Crippen LogP contribution in [0.25, 0.3) is 5.69 Å². The second-order valence-corrected chi connectivity index (χ2v) is 7.94. The molecule has 0 aliphatic carbocycles. The van der Waals surface area contributed by atoms with Crippen LogP contribution in [-0.2, 0) is 10.5 Å². The van der Waals surface area contributed by atoms with Gasteiger partial charge in [-0.3, -0.25) is 4.57 Å². The van der Waals surface area contributed by atoms with E-state index in [0.29, 0.717) is 24.9 Å². The minimum atomic E-state index is 0.242. The first-order valence-corrected chi connectivity index (χ1v) is 10.4. The second kappa shape index (κ2) is 8.32. The molecule has 1 fully saturated rings. The number of morpholine rings is 1. The molecule has 0 atom stereocenters. The molecule has 9 heteroatoms. The van der Waals surface area contributed by atoms with E-state index in [4.69, 9.17) is 9.26 Å². The van der Waals surface area contributed by atoms with Crippen molar-refractivity contribution in [2.45, 2.75) is 37.6 Å². The zero-order valence-electron chi connectivity index (χ0n) is 16.3. The minimum Gasteiger partial charge on any atom is -0.378 e. The third kappa shape index (κ3) is 3.90. The highest BCUT2D eigenvalue weighted by Gasteiger charge is 2.23. The van der Waals surface area contributed by atoms with Crippen molar-refractivity contribution in [1.29, 1.82) is 0 Å². The number of anilines is 1. The molecule has 3 aromatic rings. The molecule has 148 valence electrons. The smallest absolute Gasteiger partial charge is 0.237 e. The quantitative estimate of drug-likeness (QED) is 0.584. The van der Waals surface area contributed by atoms with Crippen LogP contribution in [0, 0.1) is 6.92 Å². The lowest BCUT2D eigenvalue weighted by Crippen LogP contribution is -2.38. The van der Waals surface area contributed by atoms with Crippen molar-refractivity contribution in [2.24, 2.45) is 0 Å². The Bertz CT molecular complexity index is 932. The van der Waals surface area contributed by atoms with Gasteiger partial charge in [0.05, 0.1) is 24.7 Å². The molecule has 1 aromatic carbocycles. The van der Waals surface area contributed by atoms with Crippen LogP contribution in [-0.4, -0.2) is 51.2 Å². The normalized spacial score (nSPS) is 14.8. The van der Waals surface area contributed by atoms with Crippen LogP contribution in [0.4, 0.5) is 5.95 Å². The zero-order valence-corrected chi connectivity index (χ0v) is 17.1. The monoisotopic (exact) mass is 400 g/mol. The minimum absolute atomic E-state index is 0.242. The van der Waals surface area contributed by atoms with E-state index in [-0.39, 0.29) is 5.92 Å². The van der Waals surface area contributed by atoms with Crippen LogP contribution in [0.1, 0.15) is 37.0 Å². The highest BCUT2D eigenvalue weighted by atomic mass is 32.2. The van der Waals surface area contributed by atoms with Gasteiger partial charge in [-0.05, 0) is 18.6 Å². The van der Waals surface area contributed by atoms with Gasteiger partial charge < -0.3 is 14.2 Å². The number of aryl methyl sites for hydroxylation is 1. The molecule has 0 bridgehead atoms. The lowest BCUT2D eigenvalue weighted by atomic mass is 10.2. The number of ether oxygens (including phenoxy) is 1. The van der Waals surface area contributed by atoms with E-state index in [2.05, 4.69) is 48.9 Å². The maximum Gasteiger partial charge on any atom is 0.237 e. The molecule has 8 nitrogen and oxygen atoms in total. The summed E-state index contributed by atoms with van der Waals surface area (Å²) in [4.78, 5) is 6.68. The third-order valence-corrected chi connectivity index (χ3v) is 5.51. The lowest BCUT2D eigenvalue weighted by molar-refractivity contribution is 0.122. The van der Waals surface area contributed by atoms with E-state index in [0.717, 1.165) is 35.7 Å². The number of para-hydroxylation sites is 1. The molecule has 1 aliphatic heterocycles. The van der Waals surface area contributed by atoms with Crippen LogP contribution < -0.4 is 4.90 Å². The van der Waals surface area contributed by atoms with E-state index in [1.54, 1.807) is 11.8 Å². The maximum absolute atomic E-state index is 5.49. The van der Waals surface area contributed by atoms with Crippen molar-refractivity contribution in [3.05, 3.63) is 41.5 Å². The SMILES string of the molecule is Cc1ccccc1-n1c(SCc2nc(C(C)C)no2)nnc1N1CCOCC1. The standard InChI is InChI=1S/C19H24N6O2S/c1-13(2)17-20-16(27-23-17)12-28-19-22-21-18(24-8-10-26-11-9-24)25(19)15-7-5-4-6-14(15)3/h4-7,13H,8-12H2,1-3H3. The summed E-state index contributed by atoms with van der Waals surface area (Å²) in [7, 11) is 0. The average molecular weight is 401 g/mol. The number of rotatable bonds is 6. The van der Waals surface area contributed by atoms with Gasteiger partial charge in [0.25, 0.3) is 0 Å². The fourth-order valence-electron chi connectivity index (χ4n) is 3.04. The zero-order chi connectivity index (χ0) is 19.5. The summed E-state index contributed by atoms with van der Waals surface area (Å²) in [5, 5.41) is 13.8. The Morgan fingerprint density at radius 1 is 1.14 bits per heavy atom. The Morgan fingerprint density at radius 3 is 2.64 bits per heavy atom. The van der Waals surface area contributed by atoms with Gasteiger partial charge >= 0.3 is 0 Å². The molecule has 0 spiro atoms. The summed E-state index contributed by atoms with van der Waals surface area (Å²) >= 11 is 1.55. The summed E-state index contributed by atoms with van der Waals surface area (Å²) in [6.45, 7) is 9.19. The van der Waals surface area contributed by atoms with Crippen LogP contribution in [0.15, 0.2) is 33.9 Å². The van der Waals surface area contributed by atoms with Gasteiger partial charge in [0, 0.05) is 19.0 Å². The predicted octanol–water partition coefficient (Wildman–Crippen LogP) is 3.21. The van der Waals surface area contributed by atoms with Crippen molar-refractivity contribution < 1.29 is 9.26 Å². The predicted molar refractivity (Wildman–Crippen MR) is 107 cm³/mol. The van der Waals surface area contributed by atoms with Gasteiger partial charge in [-0.15, -0.1) is 10.2 Å². The molecule has 1 saturated heterocycles. The van der Waals surface area contributed by atoms with Gasteiger partial charge in [0.15, 0.2) is 11.0 Å². The number of thioether (sulfide) groups is 1. The van der Waals surface area contributed by atoms with E-state index in [1.807, 2.05) is 26.0 Å². The summed E-state index contributed by atoms with van der Waals surface area (Å²) in [6, 6.07) is 8.26. The van der Waals surface area contributed by atoms with Gasteiger partial charge in [-0.25, -0.2) is 0 Å². The van der Waals surface area contributed by atoms with Crippen LogP contribution >= 0.6 is 11.8 Å². The largest absolute Gasteiger partial charge is 0.378 e. The molecule has 0 saturated carbocycles. The number of aromatic nitrogens is 5. The van der Waals surface area contributed by atoms with Crippen molar-refractivity contribution in [1.82, 2.24) is 24.9 Å². The molecule has 4 rings (SSSR count). The van der Waals surface area contributed by atoms with Crippen molar-refractivity contribution in [3.8, 4) is 5.69 Å². The Balaban J connectivity index is 1.64. The molecule has 28 heavy (non-hydrogen) atoms. The van der Waals surface area contributed by atoms with Gasteiger partial charge in [0.2, 0.25) is 11.8 Å². The van der Waals surface area contributed by atoms with Crippen LogP contribution in [0.2, 0.25) is 0 Å². The summed E-state index contributed by atoms with van der Waals surface area (Å²) in [5.74, 6) is 2.96. The summed E-state index contributed by atoms with van der Waals surface area (Å²) in [5.41, 5.74) is 2.24. The number of hydrogen-bond acceptors (Lipinski definition) is 8. The maximum atomic E-state index is 5.49. The number of benzene rings is 1. The van der Waals surface area contributed by atoms with Gasteiger partial charge in [0.1, 0.15) is 0 Å². The Kier molecular flexibility index (Phi) is 5.63. The number of hydrogen-bond donors (Lipinski definition) is 0. The van der Waals surface area contributed by atoms with Crippen LogP contribution in [0.3, 0.4) is 0 Å². The molecule has 0 unspecified atom stereocenters. The van der Waals surface area contributed by atoms with E-state index >= 15 is 0 Å². The Morgan fingerprint density at radius 2 is 1.93 bits per heavy atom. The topological polar surface area (TPSA) is 82.1 Å². The molecule has 3 heterocycles. The van der Waals surface area contributed by atoms with Crippen molar-refractivity contribution >= 4 is 17.7 Å². The molecule has 0 N–H and O–H groups in total. The lowest BCUT2D eigenvalue weighted by Gasteiger charge is -2.28. The first kappa shape index (κ1) is 18.9. The highest BCUT2D eigenvalue weighted by Crippen LogP contribution is 2.30. The van der Waals surface area contributed by atoms with Crippen molar-refractivity contribution in [2.75, 3.05) is 31.2 Å². The average Bonchev–Trinajstić information content (AvgIpc) is 3.35. The highest BCUT2D eigenvalue weighted by molar-refractivity contribution is 7.98. The first-order chi connectivity index (χ1) is 13.6. The second-order valence-electron chi connectivity index (χ2n) is 6.99. The van der Waals surface area contributed by atoms with E-state index in [9.17, 15) is 0 Å². The Labute approximate surface area is 168 Å². The fraction of sp³-hybridized carbons (Fsp3) is 0.474. The van der Waals surface area contributed by atoms with Crippen LogP contribution in [0.5, 0.6) is 0 Å². The molecule has 1 aliphatic rings. The first-order valence-electron chi connectivity index (χ1n) is 9.43. The third-order valence-electron chi connectivity index (χ3n) is 4.59. The molecular formula is C19H24N6O2S. The molecule has 0 amide bonds. The fourth-order valence-corrected chi connectivity index (χ4v) is 3.81. The number of nitrogens with zero attached hydrogens (tertiary/aromatic N) is 6. The molecule has 2 aromatic heterocycles. The molecule has 0 radical (unpaired) electrons.